The van der Waals surface area contributed by atoms with Gasteiger partial charge in [-0.3, -0.25) is 10.4 Å². The van der Waals surface area contributed by atoms with E-state index in [1.807, 2.05) is 32.6 Å². The van der Waals surface area contributed by atoms with Crippen LogP contribution in [0.15, 0.2) is 47.5 Å². The number of rotatable bonds is 5. The lowest BCUT2D eigenvalue weighted by Crippen LogP contribution is -2.41. The minimum atomic E-state index is -1.01. The smallest absolute Gasteiger partial charge is 0.178 e. The van der Waals surface area contributed by atoms with Gasteiger partial charge in [0.2, 0.25) is 0 Å². The van der Waals surface area contributed by atoms with Gasteiger partial charge in [-0.05, 0) is 66.5 Å². The van der Waals surface area contributed by atoms with Crippen molar-refractivity contribution in [3.63, 3.8) is 0 Å². The Hall–Kier alpha value is -2.72. The van der Waals surface area contributed by atoms with Crippen molar-refractivity contribution in [1.82, 2.24) is 35.7 Å². The molecule has 2 fully saturated rings. The Morgan fingerprint density at radius 1 is 1.18 bits per heavy atom. The van der Waals surface area contributed by atoms with Gasteiger partial charge in [-0.25, -0.2) is 19.8 Å². The summed E-state index contributed by atoms with van der Waals surface area (Å²) in [7, 11) is 4.06. The second-order valence-corrected chi connectivity index (χ2v) is 10.4. The third-order valence-electron chi connectivity index (χ3n) is 7.09. The number of pyridine rings is 2. The molecule has 5 unspecified atom stereocenters. The number of nitrogens with zero attached hydrogens (tertiary/aromatic N) is 4. The lowest BCUT2D eigenvalue weighted by atomic mass is 9.72. The molecule has 1 saturated carbocycles. The molecule has 1 aliphatic heterocycles. The van der Waals surface area contributed by atoms with Gasteiger partial charge in [-0.1, -0.05) is 6.07 Å². The van der Waals surface area contributed by atoms with Crippen molar-refractivity contribution in [1.29, 1.82) is 0 Å². The SMILES string of the molecule is CN(C)Cc1cncc(C2CCC3NNC(c4nc5nccc(-c6ccsc6)c5[nH]4)C3C2F)c1. The highest BCUT2D eigenvalue weighted by Crippen LogP contribution is 2.46. The fourth-order valence-corrected chi connectivity index (χ4v) is 6.23. The lowest BCUT2D eigenvalue weighted by molar-refractivity contribution is 0.117. The van der Waals surface area contributed by atoms with E-state index in [0.29, 0.717) is 5.65 Å². The number of alkyl halides is 1. The number of nitrogens with one attached hydrogen (secondary N) is 3. The summed E-state index contributed by atoms with van der Waals surface area (Å²) in [6, 6.07) is 6.01. The molecule has 0 bridgehead atoms. The number of aromatic amines is 1. The third-order valence-corrected chi connectivity index (χ3v) is 7.78. The fraction of sp³-hybridized carbons (Fsp3) is 0.400. The largest absolute Gasteiger partial charge is 0.339 e. The summed E-state index contributed by atoms with van der Waals surface area (Å²) in [6.07, 6.45) is 6.16. The summed E-state index contributed by atoms with van der Waals surface area (Å²) < 4.78 is 16.2. The molecule has 176 valence electrons. The average Bonchev–Trinajstić information content (AvgIpc) is 3.57. The third kappa shape index (κ3) is 3.82. The molecule has 1 saturated heterocycles. The number of hydrazine groups is 1. The Morgan fingerprint density at radius 2 is 2.09 bits per heavy atom. The summed E-state index contributed by atoms with van der Waals surface area (Å²) in [5, 5.41) is 4.17. The van der Waals surface area contributed by atoms with Crippen LogP contribution in [0.5, 0.6) is 0 Å². The fourth-order valence-electron chi connectivity index (χ4n) is 5.58. The van der Waals surface area contributed by atoms with Crippen LogP contribution in [0.4, 0.5) is 4.39 Å². The molecule has 7 nitrogen and oxygen atoms in total. The standard InChI is InChI=1S/C25H28FN7S/c1-33(2)12-14-9-16(11-27-10-14)17-3-4-19-20(21(17)26)23(32-31-19)25-29-22-18(15-6-8-34-13-15)5-7-28-24(22)30-25/h5-11,13,17,19-21,23,31-32H,3-4,12H2,1-2H3,(H,28,29,30). The van der Waals surface area contributed by atoms with E-state index >= 15 is 4.39 Å². The van der Waals surface area contributed by atoms with Crippen molar-refractivity contribution in [2.45, 2.75) is 43.6 Å². The van der Waals surface area contributed by atoms with E-state index in [9.17, 15) is 0 Å². The predicted octanol–water partition coefficient (Wildman–Crippen LogP) is 4.19. The Balaban J connectivity index is 1.31. The van der Waals surface area contributed by atoms with Crippen LogP contribution in [0.25, 0.3) is 22.3 Å². The highest BCUT2D eigenvalue weighted by atomic mass is 32.1. The van der Waals surface area contributed by atoms with E-state index < -0.39 is 6.17 Å². The van der Waals surface area contributed by atoms with Gasteiger partial charge < -0.3 is 9.88 Å². The number of aromatic nitrogens is 4. The first-order valence-corrected chi connectivity index (χ1v) is 12.6. The molecule has 0 aromatic carbocycles. The number of halogens is 1. The average molecular weight is 478 g/mol. The molecule has 5 atom stereocenters. The second kappa shape index (κ2) is 8.81. The second-order valence-electron chi connectivity index (χ2n) is 9.63. The van der Waals surface area contributed by atoms with Crippen LogP contribution in [0.1, 0.15) is 41.8 Å². The zero-order valence-corrected chi connectivity index (χ0v) is 20.0. The van der Waals surface area contributed by atoms with E-state index in [2.05, 4.69) is 53.6 Å². The van der Waals surface area contributed by atoms with Gasteiger partial charge in [0.1, 0.15) is 12.0 Å². The molecule has 4 aromatic rings. The van der Waals surface area contributed by atoms with Crippen LogP contribution in [0, 0.1) is 5.92 Å². The Labute approximate surface area is 201 Å². The van der Waals surface area contributed by atoms with E-state index in [-0.39, 0.29) is 23.9 Å². The van der Waals surface area contributed by atoms with E-state index in [4.69, 9.17) is 4.98 Å². The van der Waals surface area contributed by atoms with Crippen LogP contribution < -0.4 is 10.9 Å². The lowest BCUT2D eigenvalue weighted by Gasteiger charge is -2.36. The van der Waals surface area contributed by atoms with Crippen molar-refractivity contribution in [2.75, 3.05) is 14.1 Å². The molecule has 3 N–H and O–H groups in total. The summed E-state index contributed by atoms with van der Waals surface area (Å²) in [5.41, 5.74) is 12.5. The first-order chi connectivity index (χ1) is 16.6. The Morgan fingerprint density at radius 3 is 2.91 bits per heavy atom. The number of thiophene rings is 1. The molecule has 0 spiro atoms. The van der Waals surface area contributed by atoms with Crippen molar-refractivity contribution in [2.24, 2.45) is 5.92 Å². The molecule has 2 aliphatic rings. The normalized spacial score (nSPS) is 26.9. The van der Waals surface area contributed by atoms with Gasteiger partial charge in [-0.15, -0.1) is 0 Å². The summed E-state index contributed by atoms with van der Waals surface area (Å²) in [6.45, 7) is 0.792. The van der Waals surface area contributed by atoms with Gasteiger partial charge in [0.15, 0.2) is 5.65 Å². The molecule has 5 heterocycles. The minimum Gasteiger partial charge on any atom is -0.339 e. The summed E-state index contributed by atoms with van der Waals surface area (Å²) >= 11 is 1.66. The molecular weight excluding hydrogens is 449 g/mol. The number of imidazole rings is 1. The maximum Gasteiger partial charge on any atom is 0.178 e. The molecule has 34 heavy (non-hydrogen) atoms. The topological polar surface area (TPSA) is 81.8 Å². The van der Waals surface area contributed by atoms with Crippen LogP contribution in [-0.2, 0) is 6.54 Å². The highest BCUT2D eigenvalue weighted by Gasteiger charge is 2.49. The molecule has 6 rings (SSSR count). The van der Waals surface area contributed by atoms with Gasteiger partial charge >= 0.3 is 0 Å². The molecule has 9 heteroatoms. The Bertz CT molecular complexity index is 1290. The monoisotopic (exact) mass is 477 g/mol. The van der Waals surface area contributed by atoms with E-state index in [1.54, 1.807) is 17.5 Å². The minimum absolute atomic E-state index is 0.0617. The zero-order valence-electron chi connectivity index (χ0n) is 19.2. The maximum atomic E-state index is 16.2. The van der Waals surface area contributed by atoms with Gasteiger partial charge in [-0.2, -0.15) is 11.3 Å². The van der Waals surface area contributed by atoms with Crippen molar-refractivity contribution in [3.05, 3.63) is 64.5 Å². The highest BCUT2D eigenvalue weighted by molar-refractivity contribution is 7.08. The van der Waals surface area contributed by atoms with E-state index in [1.165, 1.54) is 0 Å². The van der Waals surface area contributed by atoms with E-state index in [0.717, 1.165) is 53.0 Å². The first-order valence-electron chi connectivity index (χ1n) is 11.7. The number of hydrogen-bond acceptors (Lipinski definition) is 7. The van der Waals surface area contributed by atoms with Gasteiger partial charge in [0.25, 0.3) is 0 Å². The van der Waals surface area contributed by atoms with Crippen molar-refractivity contribution in [3.8, 4) is 11.1 Å². The van der Waals surface area contributed by atoms with Crippen molar-refractivity contribution < 1.29 is 4.39 Å². The molecule has 0 amide bonds. The van der Waals surface area contributed by atoms with Crippen LogP contribution >= 0.6 is 11.3 Å². The van der Waals surface area contributed by atoms with Crippen LogP contribution in [0.3, 0.4) is 0 Å². The summed E-state index contributed by atoms with van der Waals surface area (Å²) in [4.78, 5) is 19.3. The van der Waals surface area contributed by atoms with Gasteiger partial charge in [0.05, 0.1) is 11.6 Å². The maximum absolute atomic E-state index is 16.2. The summed E-state index contributed by atoms with van der Waals surface area (Å²) in [5.74, 6) is 0.318. The predicted molar refractivity (Wildman–Crippen MR) is 132 cm³/mol. The van der Waals surface area contributed by atoms with Gasteiger partial charge in [0, 0.05) is 48.6 Å². The van der Waals surface area contributed by atoms with Crippen LogP contribution in [-0.4, -0.2) is 51.1 Å². The number of H-pyrrole nitrogens is 1. The molecule has 0 radical (unpaired) electrons. The first kappa shape index (κ1) is 21.8. The van der Waals surface area contributed by atoms with Crippen LogP contribution in [0.2, 0.25) is 0 Å². The molecule has 4 aromatic heterocycles. The van der Waals surface area contributed by atoms with Crippen molar-refractivity contribution >= 4 is 22.5 Å². The number of hydrogen-bond donors (Lipinski definition) is 3. The quantitative estimate of drug-likeness (QED) is 0.400. The Kier molecular flexibility index (Phi) is 5.65. The zero-order chi connectivity index (χ0) is 23.2. The number of fused-ring (bicyclic) bond motifs is 2. The molecular formula is C25H28FN7S. The molecule has 1 aliphatic carbocycles.